The van der Waals surface area contributed by atoms with E-state index in [9.17, 15) is 9.59 Å². The van der Waals surface area contributed by atoms with Crippen LogP contribution in [0, 0.1) is 6.92 Å². The van der Waals surface area contributed by atoms with Gasteiger partial charge in [0.1, 0.15) is 0 Å². The third-order valence-electron chi connectivity index (χ3n) is 4.29. The number of amides is 1. The number of carbonyl (C=O) groups excluding carboxylic acids is 1. The van der Waals surface area contributed by atoms with Crippen LogP contribution in [0.2, 0.25) is 5.02 Å². The lowest BCUT2D eigenvalue weighted by Gasteiger charge is -2.13. The molecule has 28 heavy (non-hydrogen) atoms. The molecular formula is C21H22ClN3O2S. The van der Waals surface area contributed by atoms with E-state index in [0.29, 0.717) is 33.3 Å². The SMILES string of the molecule is CCCCn1c(SCC(=O)Nc2ccc(C)cc2Cl)nc2ccccc2c1=O. The number of para-hydroxylation sites is 1. The van der Waals surface area contributed by atoms with Crippen molar-refractivity contribution >= 4 is 45.9 Å². The molecule has 0 saturated carbocycles. The predicted octanol–water partition coefficient (Wildman–Crippen LogP) is 4.89. The van der Waals surface area contributed by atoms with Crippen molar-refractivity contribution in [3.8, 4) is 0 Å². The zero-order valence-corrected chi connectivity index (χ0v) is 17.4. The van der Waals surface area contributed by atoms with Crippen LogP contribution in [0.3, 0.4) is 0 Å². The highest BCUT2D eigenvalue weighted by atomic mass is 35.5. The first-order chi connectivity index (χ1) is 13.5. The molecule has 1 heterocycles. The van der Waals surface area contributed by atoms with E-state index in [4.69, 9.17) is 11.6 Å². The Kier molecular flexibility index (Phi) is 6.75. The Hall–Kier alpha value is -2.31. The van der Waals surface area contributed by atoms with Crippen LogP contribution >= 0.6 is 23.4 Å². The van der Waals surface area contributed by atoms with Crippen molar-refractivity contribution in [3.05, 3.63) is 63.4 Å². The molecule has 0 radical (unpaired) electrons. The van der Waals surface area contributed by atoms with Crippen molar-refractivity contribution in [2.75, 3.05) is 11.1 Å². The van der Waals surface area contributed by atoms with E-state index in [1.54, 1.807) is 22.8 Å². The summed E-state index contributed by atoms with van der Waals surface area (Å²) in [6.45, 7) is 4.60. The summed E-state index contributed by atoms with van der Waals surface area (Å²) in [5.41, 5.74) is 2.18. The third-order valence-corrected chi connectivity index (χ3v) is 5.58. The lowest BCUT2D eigenvalue weighted by atomic mass is 10.2. The van der Waals surface area contributed by atoms with Gasteiger partial charge in [-0.3, -0.25) is 14.2 Å². The molecule has 0 atom stereocenters. The highest BCUT2D eigenvalue weighted by Gasteiger charge is 2.13. The average Bonchev–Trinajstić information content (AvgIpc) is 2.68. The molecule has 3 aromatic rings. The zero-order valence-electron chi connectivity index (χ0n) is 15.9. The third kappa shape index (κ3) is 4.75. The van der Waals surface area contributed by atoms with Crippen LogP contribution in [0.1, 0.15) is 25.3 Å². The summed E-state index contributed by atoms with van der Waals surface area (Å²) in [7, 11) is 0. The molecule has 2 aromatic carbocycles. The van der Waals surface area contributed by atoms with Gasteiger partial charge in [0.25, 0.3) is 5.56 Å². The number of rotatable bonds is 7. The summed E-state index contributed by atoms with van der Waals surface area (Å²) >= 11 is 7.44. The number of hydrogen-bond donors (Lipinski definition) is 1. The molecule has 146 valence electrons. The number of aryl methyl sites for hydroxylation is 1. The molecule has 0 unspecified atom stereocenters. The number of benzene rings is 2. The minimum Gasteiger partial charge on any atom is -0.324 e. The highest BCUT2D eigenvalue weighted by Crippen LogP contribution is 2.24. The van der Waals surface area contributed by atoms with Gasteiger partial charge in [0.2, 0.25) is 5.91 Å². The van der Waals surface area contributed by atoms with Crippen molar-refractivity contribution < 1.29 is 4.79 Å². The summed E-state index contributed by atoms with van der Waals surface area (Å²) in [5.74, 6) is -0.0543. The molecule has 7 heteroatoms. The maximum Gasteiger partial charge on any atom is 0.262 e. The van der Waals surface area contributed by atoms with Crippen molar-refractivity contribution in [2.45, 2.75) is 38.4 Å². The van der Waals surface area contributed by atoms with Gasteiger partial charge in [0, 0.05) is 6.54 Å². The smallest absolute Gasteiger partial charge is 0.262 e. The second-order valence-corrected chi connectivity index (χ2v) is 7.89. The van der Waals surface area contributed by atoms with Crippen molar-refractivity contribution in [2.24, 2.45) is 0 Å². The van der Waals surface area contributed by atoms with Gasteiger partial charge in [-0.2, -0.15) is 0 Å². The number of nitrogens with one attached hydrogen (secondary N) is 1. The number of anilines is 1. The Morgan fingerprint density at radius 1 is 1.25 bits per heavy atom. The summed E-state index contributed by atoms with van der Waals surface area (Å²) in [6, 6.07) is 12.8. The minimum absolute atomic E-state index is 0.0662. The van der Waals surface area contributed by atoms with Crippen molar-refractivity contribution in [1.29, 1.82) is 0 Å². The quantitative estimate of drug-likeness (QED) is 0.440. The van der Waals surface area contributed by atoms with E-state index in [2.05, 4.69) is 17.2 Å². The second kappa shape index (κ2) is 9.26. The number of aromatic nitrogens is 2. The first-order valence-electron chi connectivity index (χ1n) is 9.18. The van der Waals surface area contributed by atoms with Gasteiger partial charge in [-0.25, -0.2) is 4.98 Å². The second-order valence-electron chi connectivity index (χ2n) is 6.54. The van der Waals surface area contributed by atoms with Crippen LogP contribution in [0.15, 0.2) is 52.4 Å². The fraction of sp³-hybridized carbons (Fsp3) is 0.286. The van der Waals surface area contributed by atoms with E-state index >= 15 is 0 Å². The van der Waals surface area contributed by atoms with Crippen LogP contribution in [-0.2, 0) is 11.3 Å². The number of carbonyl (C=O) groups is 1. The fourth-order valence-electron chi connectivity index (χ4n) is 2.81. The van der Waals surface area contributed by atoms with Gasteiger partial charge in [-0.05, 0) is 43.2 Å². The number of nitrogens with zero attached hydrogens (tertiary/aromatic N) is 2. The van der Waals surface area contributed by atoms with E-state index < -0.39 is 0 Å². The summed E-state index contributed by atoms with van der Waals surface area (Å²) in [6.07, 6.45) is 1.84. The Morgan fingerprint density at radius 2 is 2.04 bits per heavy atom. The van der Waals surface area contributed by atoms with Crippen molar-refractivity contribution in [3.63, 3.8) is 0 Å². The highest BCUT2D eigenvalue weighted by molar-refractivity contribution is 7.99. The fourth-order valence-corrected chi connectivity index (χ4v) is 3.92. The Balaban J connectivity index is 1.80. The van der Waals surface area contributed by atoms with Crippen LogP contribution in [0.4, 0.5) is 5.69 Å². The molecule has 1 aromatic heterocycles. The maximum atomic E-state index is 12.9. The van der Waals surface area contributed by atoms with Gasteiger partial charge in [0.15, 0.2) is 5.16 Å². The first kappa shape index (κ1) is 20.4. The van der Waals surface area contributed by atoms with Gasteiger partial charge >= 0.3 is 0 Å². The monoisotopic (exact) mass is 415 g/mol. The number of fused-ring (bicyclic) bond motifs is 1. The van der Waals surface area contributed by atoms with E-state index in [1.165, 1.54) is 11.8 Å². The summed E-state index contributed by atoms with van der Waals surface area (Å²) < 4.78 is 1.67. The normalized spacial score (nSPS) is 11.0. The van der Waals surface area contributed by atoms with Gasteiger partial charge < -0.3 is 5.32 Å². The Morgan fingerprint density at radius 3 is 2.79 bits per heavy atom. The lowest BCUT2D eigenvalue weighted by molar-refractivity contribution is -0.113. The lowest BCUT2D eigenvalue weighted by Crippen LogP contribution is -2.24. The number of thioether (sulfide) groups is 1. The predicted molar refractivity (Wildman–Crippen MR) is 116 cm³/mol. The van der Waals surface area contributed by atoms with E-state index in [1.807, 2.05) is 31.2 Å². The Labute approximate surface area is 173 Å². The Bertz CT molecular complexity index is 1070. The zero-order chi connectivity index (χ0) is 20.1. The molecule has 1 N–H and O–H groups in total. The molecule has 3 rings (SSSR count). The molecule has 1 amide bonds. The summed E-state index contributed by atoms with van der Waals surface area (Å²) in [4.78, 5) is 29.9. The van der Waals surface area contributed by atoms with Gasteiger partial charge in [0.05, 0.1) is 27.4 Å². The first-order valence-corrected chi connectivity index (χ1v) is 10.5. The molecule has 0 spiro atoms. The molecule has 0 aliphatic heterocycles. The van der Waals surface area contributed by atoms with Crippen LogP contribution in [0.5, 0.6) is 0 Å². The van der Waals surface area contributed by atoms with E-state index in [-0.39, 0.29) is 17.2 Å². The number of unbranched alkanes of at least 4 members (excludes halogenated alkanes) is 1. The standard InChI is InChI=1S/C21H22ClN3O2S/c1-3-4-11-25-20(27)15-7-5-6-8-17(15)24-21(25)28-13-19(26)23-18-10-9-14(2)12-16(18)22/h5-10,12H,3-4,11,13H2,1-2H3,(H,23,26). The maximum absolute atomic E-state index is 12.9. The molecule has 0 aliphatic carbocycles. The molecule has 0 aliphatic rings. The van der Waals surface area contributed by atoms with Crippen molar-refractivity contribution in [1.82, 2.24) is 9.55 Å². The molecule has 0 saturated heterocycles. The van der Waals surface area contributed by atoms with Crippen LogP contribution < -0.4 is 10.9 Å². The number of hydrogen-bond acceptors (Lipinski definition) is 4. The minimum atomic E-state index is -0.194. The topological polar surface area (TPSA) is 64.0 Å². The number of halogens is 1. The van der Waals surface area contributed by atoms with Crippen LogP contribution in [0.25, 0.3) is 10.9 Å². The molecule has 0 fully saturated rings. The molecular weight excluding hydrogens is 394 g/mol. The molecule has 0 bridgehead atoms. The van der Waals surface area contributed by atoms with Gasteiger partial charge in [-0.1, -0.05) is 54.9 Å². The summed E-state index contributed by atoms with van der Waals surface area (Å²) in [5, 5.41) is 4.47. The average molecular weight is 416 g/mol. The molecule has 5 nitrogen and oxygen atoms in total. The van der Waals surface area contributed by atoms with Gasteiger partial charge in [-0.15, -0.1) is 0 Å². The van der Waals surface area contributed by atoms with Crippen LogP contribution in [-0.4, -0.2) is 21.2 Å². The largest absolute Gasteiger partial charge is 0.324 e. The van der Waals surface area contributed by atoms with E-state index in [0.717, 1.165) is 18.4 Å².